The Labute approximate surface area is 122 Å². The number of ether oxygens (including phenoxy) is 1. The second kappa shape index (κ2) is 7.20. The molecule has 0 radical (unpaired) electrons. The van der Waals surface area contributed by atoms with E-state index in [1.807, 2.05) is 6.92 Å². The van der Waals surface area contributed by atoms with Crippen molar-refractivity contribution in [3.8, 4) is 0 Å². The maximum absolute atomic E-state index is 12.3. The molecule has 0 aromatic rings. The van der Waals surface area contributed by atoms with Crippen molar-refractivity contribution in [1.29, 1.82) is 0 Å². The first-order valence-electron chi connectivity index (χ1n) is 7.75. The molecule has 1 N–H and O–H groups in total. The molecule has 1 aliphatic carbocycles. The summed E-state index contributed by atoms with van der Waals surface area (Å²) in [6.45, 7) is 3.35. The van der Waals surface area contributed by atoms with Crippen LogP contribution in [0.25, 0.3) is 0 Å². The van der Waals surface area contributed by atoms with Crippen molar-refractivity contribution in [2.45, 2.75) is 57.7 Å². The topological polar surface area (TPSA) is 66.8 Å². The molecule has 0 spiro atoms. The first-order chi connectivity index (χ1) is 9.47. The normalized spacial score (nSPS) is 25.1. The minimum absolute atomic E-state index is 0.0208. The largest absolute Gasteiger partial charge is 0.393 e. The van der Waals surface area contributed by atoms with Crippen LogP contribution in [0.4, 0.5) is 0 Å². The van der Waals surface area contributed by atoms with Crippen LogP contribution in [0.15, 0.2) is 0 Å². The van der Waals surface area contributed by atoms with Crippen LogP contribution < -0.4 is 0 Å². The second-order valence-corrected chi connectivity index (χ2v) is 8.27. The van der Waals surface area contributed by atoms with Crippen LogP contribution in [-0.4, -0.2) is 55.5 Å². The van der Waals surface area contributed by atoms with Gasteiger partial charge in [0, 0.05) is 13.1 Å². The average Bonchev–Trinajstić information content (AvgIpc) is 2.89. The van der Waals surface area contributed by atoms with Gasteiger partial charge in [-0.2, -0.15) is 0 Å². The van der Waals surface area contributed by atoms with Gasteiger partial charge in [-0.05, 0) is 31.6 Å². The number of sulfonamides is 1. The summed E-state index contributed by atoms with van der Waals surface area (Å²) in [6, 6.07) is 0. The fourth-order valence-electron chi connectivity index (χ4n) is 2.99. The van der Waals surface area contributed by atoms with Gasteiger partial charge in [0.05, 0.1) is 24.6 Å². The van der Waals surface area contributed by atoms with E-state index in [0.717, 1.165) is 12.8 Å². The van der Waals surface area contributed by atoms with Crippen LogP contribution >= 0.6 is 0 Å². The van der Waals surface area contributed by atoms with Crippen molar-refractivity contribution in [2.24, 2.45) is 5.92 Å². The molecule has 0 aromatic carbocycles. The highest BCUT2D eigenvalue weighted by molar-refractivity contribution is 7.89. The van der Waals surface area contributed by atoms with Crippen LogP contribution in [-0.2, 0) is 14.8 Å². The fraction of sp³-hybridized carbons (Fsp3) is 1.00. The maximum atomic E-state index is 12.3. The molecule has 0 amide bonds. The third-order valence-electron chi connectivity index (χ3n) is 4.23. The van der Waals surface area contributed by atoms with Gasteiger partial charge in [-0.3, -0.25) is 0 Å². The Morgan fingerprint density at radius 3 is 2.40 bits per heavy atom. The molecule has 1 saturated carbocycles. The van der Waals surface area contributed by atoms with E-state index in [1.54, 1.807) is 0 Å². The Balaban J connectivity index is 1.75. The zero-order chi connectivity index (χ0) is 14.6. The molecule has 0 unspecified atom stereocenters. The summed E-state index contributed by atoms with van der Waals surface area (Å²) in [4.78, 5) is 0. The molecule has 6 heteroatoms. The minimum atomic E-state index is -3.21. The Kier molecular flexibility index (Phi) is 5.84. The third kappa shape index (κ3) is 4.69. The summed E-state index contributed by atoms with van der Waals surface area (Å²) < 4.78 is 31.9. The molecule has 1 aliphatic heterocycles. The van der Waals surface area contributed by atoms with Crippen molar-refractivity contribution in [2.75, 3.05) is 25.4 Å². The molecular weight excluding hydrogens is 278 g/mol. The first kappa shape index (κ1) is 16.2. The van der Waals surface area contributed by atoms with Gasteiger partial charge in [0.1, 0.15) is 0 Å². The van der Waals surface area contributed by atoms with E-state index in [-0.39, 0.29) is 17.8 Å². The van der Waals surface area contributed by atoms with Gasteiger partial charge in [-0.1, -0.05) is 19.8 Å². The van der Waals surface area contributed by atoms with Crippen LogP contribution in [0.2, 0.25) is 0 Å². The molecule has 1 saturated heterocycles. The predicted octanol–water partition coefficient (Wildman–Crippen LogP) is 1.37. The van der Waals surface area contributed by atoms with Gasteiger partial charge in [-0.15, -0.1) is 0 Å². The van der Waals surface area contributed by atoms with Crippen molar-refractivity contribution in [1.82, 2.24) is 4.31 Å². The molecule has 118 valence electrons. The van der Waals surface area contributed by atoms with E-state index in [9.17, 15) is 13.5 Å². The Morgan fingerprint density at radius 2 is 1.80 bits per heavy atom. The van der Waals surface area contributed by atoms with E-state index in [4.69, 9.17) is 4.74 Å². The van der Waals surface area contributed by atoms with Gasteiger partial charge in [0.15, 0.2) is 0 Å². The molecule has 0 aromatic heterocycles. The summed E-state index contributed by atoms with van der Waals surface area (Å²) in [5.41, 5.74) is 0. The Hall–Kier alpha value is -0.170. The molecule has 20 heavy (non-hydrogen) atoms. The monoisotopic (exact) mass is 305 g/mol. The number of rotatable bonds is 6. The number of aliphatic hydroxyl groups excluding tert-OH is 1. The molecule has 2 rings (SSSR count). The molecule has 1 atom stereocenters. The van der Waals surface area contributed by atoms with Crippen molar-refractivity contribution in [3.05, 3.63) is 0 Å². The van der Waals surface area contributed by atoms with Crippen molar-refractivity contribution < 1.29 is 18.3 Å². The van der Waals surface area contributed by atoms with Gasteiger partial charge in [0.2, 0.25) is 10.0 Å². The summed E-state index contributed by atoms with van der Waals surface area (Å²) in [6.07, 6.45) is 5.78. The third-order valence-corrected chi connectivity index (χ3v) is 6.37. The van der Waals surface area contributed by atoms with Gasteiger partial charge in [-0.25, -0.2) is 12.7 Å². The lowest BCUT2D eigenvalue weighted by Crippen LogP contribution is -2.42. The van der Waals surface area contributed by atoms with Crippen molar-refractivity contribution in [3.63, 3.8) is 0 Å². The lowest BCUT2D eigenvalue weighted by Gasteiger charge is -2.29. The van der Waals surface area contributed by atoms with Gasteiger partial charge < -0.3 is 9.84 Å². The number of aliphatic hydroxyl groups is 1. The lowest BCUT2D eigenvalue weighted by molar-refractivity contribution is 0.0409. The van der Waals surface area contributed by atoms with Gasteiger partial charge >= 0.3 is 0 Å². The maximum Gasteiger partial charge on any atom is 0.214 e. The Bertz CT molecular complexity index is 384. The quantitative estimate of drug-likeness (QED) is 0.805. The second-order valence-electron chi connectivity index (χ2n) is 6.25. The molecule has 0 bridgehead atoms. The SMILES string of the molecule is C[C@@H](COC1CCCC1)CS(=O)(=O)N1CCC(O)CC1. The standard InChI is InChI=1S/C14H27NO4S/c1-12(10-19-14-4-2-3-5-14)11-20(17,18)15-8-6-13(16)7-9-15/h12-14,16H,2-11H2,1H3/t12-/m0/s1. The minimum Gasteiger partial charge on any atom is -0.393 e. The van der Waals surface area contributed by atoms with E-state index < -0.39 is 10.0 Å². The number of nitrogens with zero attached hydrogens (tertiary/aromatic N) is 1. The summed E-state index contributed by atoms with van der Waals surface area (Å²) in [7, 11) is -3.21. The van der Waals surface area contributed by atoms with Crippen LogP contribution in [0.3, 0.4) is 0 Å². The summed E-state index contributed by atoms with van der Waals surface area (Å²) >= 11 is 0. The zero-order valence-corrected chi connectivity index (χ0v) is 13.1. The van der Waals surface area contributed by atoms with E-state index >= 15 is 0 Å². The average molecular weight is 305 g/mol. The predicted molar refractivity (Wildman–Crippen MR) is 78.0 cm³/mol. The fourth-order valence-corrected chi connectivity index (χ4v) is 4.78. The zero-order valence-electron chi connectivity index (χ0n) is 12.3. The number of piperidine rings is 1. The van der Waals surface area contributed by atoms with E-state index in [1.165, 1.54) is 17.1 Å². The molecular formula is C14H27NO4S. The van der Waals surface area contributed by atoms with Gasteiger partial charge in [0.25, 0.3) is 0 Å². The first-order valence-corrected chi connectivity index (χ1v) is 9.36. The van der Waals surface area contributed by atoms with E-state index in [0.29, 0.717) is 38.6 Å². The summed E-state index contributed by atoms with van der Waals surface area (Å²) in [5, 5.41) is 9.44. The Morgan fingerprint density at radius 1 is 1.20 bits per heavy atom. The van der Waals surface area contributed by atoms with Crippen LogP contribution in [0.5, 0.6) is 0 Å². The lowest BCUT2D eigenvalue weighted by atomic mass is 10.1. The van der Waals surface area contributed by atoms with Crippen LogP contribution in [0, 0.1) is 5.92 Å². The highest BCUT2D eigenvalue weighted by atomic mass is 32.2. The molecule has 1 heterocycles. The number of hydrogen-bond donors (Lipinski definition) is 1. The number of hydrogen-bond acceptors (Lipinski definition) is 4. The van der Waals surface area contributed by atoms with Crippen molar-refractivity contribution >= 4 is 10.0 Å². The molecule has 5 nitrogen and oxygen atoms in total. The highest BCUT2D eigenvalue weighted by Gasteiger charge is 2.28. The molecule has 2 fully saturated rings. The summed E-state index contributed by atoms with van der Waals surface area (Å²) in [5.74, 6) is 0.169. The molecule has 2 aliphatic rings. The highest BCUT2D eigenvalue weighted by Crippen LogP contribution is 2.22. The van der Waals surface area contributed by atoms with E-state index in [2.05, 4.69) is 0 Å². The van der Waals surface area contributed by atoms with Crippen LogP contribution in [0.1, 0.15) is 45.4 Å². The smallest absolute Gasteiger partial charge is 0.214 e.